The molecule has 0 bridgehead atoms. The summed E-state index contributed by atoms with van der Waals surface area (Å²) in [4.78, 5) is 23.7. The highest BCUT2D eigenvalue weighted by molar-refractivity contribution is 5.92. The van der Waals surface area contributed by atoms with E-state index in [-0.39, 0.29) is 11.8 Å². The number of nitrogens with zero attached hydrogens (tertiary/aromatic N) is 3. The lowest BCUT2D eigenvalue weighted by atomic mass is 9.95. The van der Waals surface area contributed by atoms with E-state index in [1.807, 2.05) is 62.4 Å². The molecule has 1 aliphatic heterocycles. The standard InChI is InChI=1S/C24H26N4O2/c1-17-5-3-7-20(15-17)27-23(29)19-9-13-28(14-10-19)22-24(26-12-11-25-22)30-21-8-4-6-18(2)16-21/h3-8,11-12,15-16,19H,9-10,13-14H2,1-2H3,(H,27,29). The van der Waals surface area contributed by atoms with Gasteiger partial charge in [0.2, 0.25) is 5.91 Å². The SMILES string of the molecule is Cc1cccc(NC(=O)C2CCN(c3nccnc3Oc3cccc(C)c3)CC2)c1. The van der Waals surface area contributed by atoms with Crippen LogP contribution in [0.2, 0.25) is 0 Å². The normalized spacial score (nSPS) is 14.4. The molecule has 6 heteroatoms. The van der Waals surface area contributed by atoms with E-state index < -0.39 is 0 Å². The Bertz CT molecular complexity index is 1030. The van der Waals surface area contributed by atoms with Crippen LogP contribution in [-0.2, 0) is 4.79 Å². The van der Waals surface area contributed by atoms with Gasteiger partial charge in [-0.15, -0.1) is 0 Å². The van der Waals surface area contributed by atoms with Crippen molar-refractivity contribution in [2.24, 2.45) is 5.92 Å². The Morgan fingerprint density at radius 1 is 1.00 bits per heavy atom. The largest absolute Gasteiger partial charge is 0.436 e. The van der Waals surface area contributed by atoms with Gasteiger partial charge in [0.05, 0.1) is 0 Å². The third-order valence-corrected chi connectivity index (χ3v) is 5.30. The predicted molar refractivity (Wildman–Crippen MR) is 118 cm³/mol. The zero-order chi connectivity index (χ0) is 20.9. The summed E-state index contributed by atoms with van der Waals surface area (Å²) in [6, 6.07) is 15.8. The first-order valence-electron chi connectivity index (χ1n) is 10.3. The van der Waals surface area contributed by atoms with Gasteiger partial charge in [0.1, 0.15) is 5.75 Å². The fourth-order valence-electron chi connectivity index (χ4n) is 3.72. The zero-order valence-corrected chi connectivity index (χ0v) is 17.3. The second-order valence-corrected chi connectivity index (χ2v) is 7.72. The van der Waals surface area contributed by atoms with Crippen LogP contribution in [0.25, 0.3) is 0 Å². The molecule has 1 fully saturated rings. The molecule has 3 aromatic rings. The van der Waals surface area contributed by atoms with Gasteiger partial charge in [0.15, 0.2) is 5.82 Å². The summed E-state index contributed by atoms with van der Waals surface area (Å²) >= 11 is 0. The van der Waals surface area contributed by atoms with Gasteiger partial charge < -0.3 is 15.0 Å². The molecule has 6 nitrogen and oxygen atoms in total. The highest BCUT2D eigenvalue weighted by Gasteiger charge is 2.27. The minimum Gasteiger partial charge on any atom is -0.436 e. The van der Waals surface area contributed by atoms with Crippen molar-refractivity contribution in [3.8, 4) is 11.6 Å². The van der Waals surface area contributed by atoms with E-state index in [2.05, 4.69) is 20.2 Å². The molecule has 154 valence electrons. The Labute approximate surface area is 176 Å². The highest BCUT2D eigenvalue weighted by Crippen LogP contribution is 2.31. The number of carbonyl (C=O) groups excluding carboxylic acids is 1. The molecule has 1 aromatic heterocycles. The number of piperidine rings is 1. The van der Waals surface area contributed by atoms with E-state index in [0.717, 1.165) is 54.3 Å². The van der Waals surface area contributed by atoms with Crippen molar-refractivity contribution in [1.29, 1.82) is 0 Å². The molecule has 1 aliphatic rings. The molecule has 0 saturated carbocycles. The molecule has 2 heterocycles. The summed E-state index contributed by atoms with van der Waals surface area (Å²) in [7, 11) is 0. The topological polar surface area (TPSA) is 67.4 Å². The van der Waals surface area contributed by atoms with Gasteiger partial charge in [-0.2, -0.15) is 0 Å². The average Bonchev–Trinajstić information content (AvgIpc) is 2.74. The Morgan fingerprint density at radius 3 is 2.43 bits per heavy atom. The maximum atomic E-state index is 12.7. The van der Waals surface area contributed by atoms with Crippen LogP contribution < -0.4 is 15.0 Å². The summed E-state index contributed by atoms with van der Waals surface area (Å²) in [6.07, 6.45) is 4.84. The van der Waals surface area contributed by atoms with Crippen molar-refractivity contribution in [2.45, 2.75) is 26.7 Å². The first kappa shape index (κ1) is 19.9. The third kappa shape index (κ3) is 4.76. The van der Waals surface area contributed by atoms with Gasteiger partial charge in [-0.3, -0.25) is 4.79 Å². The lowest BCUT2D eigenvalue weighted by Gasteiger charge is -2.32. The van der Waals surface area contributed by atoms with Crippen LogP contribution in [0.1, 0.15) is 24.0 Å². The molecule has 0 unspecified atom stereocenters. The monoisotopic (exact) mass is 402 g/mol. The van der Waals surface area contributed by atoms with Gasteiger partial charge in [0.25, 0.3) is 5.88 Å². The van der Waals surface area contributed by atoms with Gasteiger partial charge in [0, 0.05) is 37.1 Å². The summed E-state index contributed by atoms with van der Waals surface area (Å²) in [5.74, 6) is 2.02. The lowest BCUT2D eigenvalue weighted by molar-refractivity contribution is -0.120. The number of anilines is 2. The van der Waals surface area contributed by atoms with Crippen LogP contribution in [0.15, 0.2) is 60.9 Å². The Hall–Kier alpha value is -3.41. The number of hydrogen-bond donors (Lipinski definition) is 1. The first-order chi connectivity index (χ1) is 14.6. The molecular formula is C24H26N4O2. The molecule has 30 heavy (non-hydrogen) atoms. The van der Waals surface area contributed by atoms with Crippen molar-refractivity contribution in [2.75, 3.05) is 23.3 Å². The number of amides is 1. The predicted octanol–water partition coefficient (Wildman–Crippen LogP) is 4.74. The number of carbonyl (C=O) groups is 1. The minimum absolute atomic E-state index is 0.0143. The van der Waals surface area contributed by atoms with Crippen molar-refractivity contribution in [3.63, 3.8) is 0 Å². The summed E-state index contributed by atoms with van der Waals surface area (Å²) in [6.45, 7) is 5.51. The molecule has 0 atom stereocenters. The summed E-state index contributed by atoms with van der Waals surface area (Å²) < 4.78 is 6.01. The average molecular weight is 402 g/mol. The smallest absolute Gasteiger partial charge is 0.263 e. The molecule has 1 saturated heterocycles. The van der Waals surface area contributed by atoms with Crippen LogP contribution in [0.5, 0.6) is 11.6 Å². The first-order valence-corrected chi connectivity index (χ1v) is 10.3. The molecule has 2 aromatic carbocycles. The summed E-state index contributed by atoms with van der Waals surface area (Å²) in [5.41, 5.74) is 3.11. The Kier molecular flexibility index (Phi) is 5.93. The molecular weight excluding hydrogens is 376 g/mol. The number of benzene rings is 2. The summed E-state index contributed by atoms with van der Waals surface area (Å²) in [5, 5.41) is 3.05. The van der Waals surface area contributed by atoms with E-state index in [1.165, 1.54) is 0 Å². The van der Waals surface area contributed by atoms with Crippen LogP contribution in [0.4, 0.5) is 11.5 Å². The van der Waals surface area contributed by atoms with E-state index in [1.54, 1.807) is 12.4 Å². The second-order valence-electron chi connectivity index (χ2n) is 7.72. The quantitative estimate of drug-likeness (QED) is 0.668. The Balaban J connectivity index is 1.40. The van der Waals surface area contributed by atoms with E-state index in [0.29, 0.717) is 5.88 Å². The van der Waals surface area contributed by atoms with Gasteiger partial charge in [-0.1, -0.05) is 24.3 Å². The third-order valence-electron chi connectivity index (χ3n) is 5.30. The molecule has 1 amide bonds. The Morgan fingerprint density at radius 2 is 1.70 bits per heavy atom. The van der Waals surface area contributed by atoms with E-state index >= 15 is 0 Å². The molecule has 0 spiro atoms. The highest BCUT2D eigenvalue weighted by atomic mass is 16.5. The van der Waals surface area contributed by atoms with Gasteiger partial charge in [-0.25, -0.2) is 9.97 Å². The van der Waals surface area contributed by atoms with Crippen molar-refractivity contribution >= 4 is 17.4 Å². The van der Waals surface area contributed by atoms with Gasteiger partial charge in [-0.05, 0) is 62.1 Å². The maximum absolute atomic E-state index is 12.7. The molecule has 1 N–H and O–H groups in total. The van der Waals surface area contributed by atoms with Gasteiger partial charge >= 0.3 is 0 Å². The van der Waals surface area contributed by atoms with Crippen LogP contribution in [0, 0.1) is 19.8 Å². The van der Waals surface area contributed by atoms with E-state index in [9.17, 15) is 4.79 Å². The van der Waals surface area contributed by atoms with Crippen LogP contribution in [0.3, 0.4) is 0 Å². The lowest BCUT2D eigenvalue weighted by Crippen LogP contribution is -2.38. The van der Waals surface area contributed by atoms with Crippen LogP contribution in [-0.4, -0.2) is 29.0 Å². The fourth-order valence-corrected chi connectivity index (χ4v) is 3.72. The minimum atomic E-state index is -0.0143. The maximum Gasteiger partial charge on any atom is 0.263 e. The molecule has 4 rings (SSSR count). The molecule has 0 aliphatic carbocycles. The second kappa shape index (κ2) is 8.95. The number of hydrogen-bond acceptors (Lipinski definition) is 5. The van der Waals surface area contributed by atoms with Crippen LogP contribution >= 0.6 is 0 Å². The number of aromatic nitrogens is 2. The number of rotatable bonds is 5. The van der Waals surface area contributed by atoms with Crippen molar-refractivity contribution in [1.82, 2.24) is 9.97 Å². The number of ether oxygens (including phenoxy) is 1. The zero-order valence-electron chi connectivity index (χ0n) is 17.3. The number of nitrogens with one attached hydrogen (secondary N) is 1. The number of aryl methyl sites for hydroxylation is 2. The molecule has 0 radical (unpaired) electrons. The fraction of sp³-hybridized carbons (Fsp3) is 0.292. The van der Waals surface area contributed by atoms with Crippen molar-refractivity contribution in [3.05, 3.63) is 72.1 Å². The van der Waals surface area contributed by atoms with Crippen molar-refractivity contribution < 1.29 is 9.53 Å². The van der Waals surface area contributed by atoms with E-state index in [4.69, 9.17) is 4.74 Å².